The highest BCUT2D eigenvalue weighted by Crippen LogP contribution is 2.15. The number of benzene rings is 1. The van der Waals surface area contributed by atoms with Crippen LogP contribution in [0, 0.1) is 13.8 Å². The van der Waals surface area contributed by atoms with Crippen molar-refractivity contribution in [1.29, 1.82) is 0 Å². The Bertz CT molecular complexity index is 443. The molecule has 0 radical (unpaired) electrons. The summed E-state index contributed by atoms with van der Waals surface area (Å²) in [6, 6.07) is 4.17. The van der Waals surface area contributed by atoms with E-state index >= 15 is 0 Å². The van der Waals surface area contributed by atoms with Crippen molar-refractivity contribution in [2.45, 2.75) is 26.8 Å². The second kappa shape index (κ2) is 5.34. The van der Waals surface area contributed by atoms with Crippen LogP contribution in [0.15, 0.2) is 18.2 Å². The number of carbonyl (C=O) groups is 2. The number of aliphatic carboxylic acids is 1. The second-order valence-corrected chi connectivity index (χ2v) is 3.98. The minimum Gasteiger partial charge on any atom is -0.480 e. The largest absolute Gasteiger partial charge is 0.480 e. The zero-order valence-corrected chi connectivity index (χ0v) is 10.1. The lowest BCUT2D eigenvalue weighted by Gasteiger charge is -2.12. The molecule has 3 N–H and O–H groups in total. The topological polar surface area (TPSA) is 78.4 Å². The molecule has 1 atom stereocenters. The minimum absolute atomic E-state index is 0.521. The molecule has 1 aromatic carbocycles. The summed E-state index contributed by atoms with van der Waals surface area (Å²) in [5.74, 6) is -1.07. The molecule has 0 heterocycles. The van der Waals surface area contributed by atoms with Gasteiger partial charge in [-0.2, -0.15) is 0 Å². The van der Waals surface area contributed by atoms with Gasteiger partial charge in [-0.1, -0.05) is 17.7 Å². The summed E-state index contributed by atoms with van der Waals surface area (Å²) in [4.78, 5) is 22.0. The lowest BCUT2D eigenvalue weighted by atomic mass is 10.1. The lowest BCUT2D eigenvalue weighted by Crippen LogP contribution is -2.40. The van der Waals surface area contributed by atoms with Crippen LogP contribution in [-0.2, 0) is 4.79 Å². The molecule has 0 saturated heterocycles. The molecule has 5 heteroatoms. The first-order valence-corrected chi connectivity index (χ1v) is 5.27. The van der Waals surface area contributed by atoms with Gasteiger partial charge in [0.05, 0.1) is 0 Å². The van der Waals surface area contributed by atoms with E-state index in [0.717, 1.165) is 11.1 Å². The molecular weight excluding hydrogens is 220 g/mol. The van der Waals surface area contributed by atoms with Gasteiger partial charge in [0.1, 0.15) is 6.04 Å². The SMILES string of the molecule is Cc1ccc(NC(=O)N[C@@H](C)C(=O)O)c(C)c1. The van der Waals surface area contributed by atoms with Gasteiger partial charge in [0, 0.05) is 5.69 Å². The zero-order chi connectivity index (χ0) is 13.0. The van der Waals surface area contributed by atoms with Crippen molar-refractivity contribution in [3.8, 4) is 0 Å². The van der Waals surface area contributed by atoms with Crippen LogP contribution in [0.3, 0.4) is 0 Å². The summed E-state index contributed by atoms with van der Waals surface area (Å²) in [5.41, 5.74) is 2.71. The molecule has 1 aromatic rings. The number of carboxylic acid groups (broad SMARTS) is 1. The van der Waals surface area contributed by atoms with Crippen LogP contribution in [0.25, 0.3) is 0 Å². The average Bonchev–Trinajstić information content (AvgIpc) is 2.22. The third kappa shape index (κ3) is 3.79. The molecule has 0 unspecified atom stereocenters. The number of amides is 2. The molecule has 0 spiro atoms. The Morgan fingerprint density at radius 3 is 2.47 bits per heavy atom. The van der Waals surface area contributed by atoms with E-state index in [0.29, 0.717) is 5.69 Å². The predicted octanol–water partition coefficient (Wildman–Crippen LogP) is 1.90. The molecule has 2 amide bonds. The Hall–Kier alpha value is -2.04. The molecule has 0 aliphatic heterocycles. The molecule has 17 heavy (non-hydrogen) atoms. The van der Waals surface area contributed by atoms with Gasteiger partial charge in [0.2, 0.25) is 0 Å². The number of rotatable bonds is 3. The van der Waals surface area contributed by atoms with Gasteiger partial charge in [-0.3, -0.25) is 4.79 Å². The first-order valence-electron chi connectivity index (χ1n) is 5.27. The van der Waals surface area contributed by atoms with E-state index in [1.54, 1.807) is 6.07 Å². The number of urea groups is 1. The van der Waals surface area contributed by atoms with Crippen molar-refractivity contribution in [2.24, 2.45) is 0 Å². The fourth-order valence-electron chi connectivity index (χ4n) is 1.37. The van der Waals surface area contributed by atoms with Crippen LogP contribution in [0.5, 0.6) is 0 Å². The number of anilines is 1. The molecule has 5 nitrogen and oxygen atoms in total. The van der Waals surface area contributed by atoms with E-state index in [-0.39, 0.29) is 0 Å². The van der Waals surface area contributed by atoms with Crippen molar-refractivity contribution in [3.05, 3.63) is 29.3 Å². The molecule has 0 bridgehead atoms. The van der Waals surface area contributed by atoms with Gasteiger partial charge in [0.15, 0.2) is 0 Å². The normalized spacial score (nSPS) is 11.7. The van der Waals surface area contributed by atoms with Crippen molar-refractivity contribution in [1.82, 2.24) is 5.32 Å². The maximum absolute atomic E-state index is 11.5. The summed E-state index contributed by atoms with van der Waals surface area (Å²) < 4.78 is 0. The van der Waals surface area contributed by atoms with Gasteiger partial charge >= 0.3 is 12.0 Å². The number of carbonyl (C=O) groups excluding carboxylic acids is 1. The lowest BCUT2D eigenvalue weighted by molar-refractivity contribution is -0.138. The highest BCUT2D eigenvalue weighted by Gasteiger charge is 2.14. The smallest absolute Gasteiger partial charge is 0.325 e. The molecule has 1 rings (SSSR count). The maximum atomic E-state index is 11.5. The first kappa shape index (κ1) is 13.0. The van der Waals surface area contributed by atoms with Crippen LogP contribution in [0.2, 0.25) is 0 Å². The quantitative estimate of drug-likeness (QED) is 0.750. The Balaban J connectivity index is 2.65. The minimum atomic E-state index is -1.07. The first-order chi connectivity index (χ1) is 7.90. The average molecular weight is 236 g/mol. The summed E-state index contributed by atoms with van der Waals surface area (Å²) in [5, 5.41) is 13.6. The third-order valence-electron chi connectivity index (χ3n) is 2.35. The van der Waals surface area contributed by atoms with Crippen LogP contribution in [0.4, 0.5) is 10.5 Å². The van der Waals surface area contributed by atoms with Gasteiger partial charge in [0.25, 0.3) is 0 Å². The standard InChI is InChI=1S/C12H16N2O3/c1-7-4-5-10(8(2)6-7)14-12(17)13-9(3)11(15)16/h4-6,9H,1-3H3,(H,15,16)(H2,13,14,17)/t9-/m0/s1. The van der Waals surface area contributed by atoms with Gasteiger partial charge in [-0.15, -0.1) is 0 Å². The number of aryl methyl sites for hydroxylation is 2. The van der Waals surface area contributed by atoms with Crippen molar-refractivity contribution in [2.75, 3.05) is 5.32 Å². The zero-order valence-electron chi connectivity index (χ0n) is 10.1. The van der Waals surface area contributed by atoms with Crippen molar-refractivity contribution in [3.63, 3.8) is 0 Å². The number of hydrogen-bond donors (Lipinski definition) is 3. The molecule has 0 aliphatic carbocycles. The fourth-order valence-corrected chi connectivity index (χ4v) is 1.37. The molecule has 0 aliphatic rings. The number of carboxylic acids is 1. The van der Waals surface area contributed by atoms with Crippen LogP contribution in [0.1, 0.15) is 18.1 Å². The predicted molar refractivity (Wildman–Crippen MR) is 65.2 cm³/mol. The van der Waals surface area contributed by atoms with E-state index in [1.807, 2.05) is 26.0 Å². The Labute approximate surface area is 99.8 Å². The van der Waals surface area contributed by atoms with Gasteiger partial charge in [-0.25, -0.2) is 4.79 Å². The molecule has 0 aromatic heterocycles. The monoisotopic (exact) mass is 236 g/mol. The van der Waals surface area contributed by atoms with Crippen molar-refractivity contribution >= 4 is 17.7 Å². The van der Waals surface area contributed by atoms with E-state index in [9.17, 15) is 9.59 Å². The van der Waals surface area contributed by atoms with Crippen LogP contribution >= 0.6 is 0 Å². The van der Waals surface area contributed by atoms with E-state index in [2.05, 4.69) is 10.6 Å². The van der Waals surface area contributed by atoms with E-state index < -0.39 is 18.0 Å². The Morgan fingerprint density at radius 1 is 1.29 bits per heavy atom. The van der Waals surface area contributed by atoms with Crippen molar-refractivity contribution < 1.29 is 14.7 Å². The molecule has 92 valence electrons. The summed E-state index contributed by atoms with van der Waals surface area (Å²) in [6.45, 7) is 5.25. The van der Waals surface area contributed by atoms with Gasteiger partial charge in [-0.05, 0) is 32.4 Å². The summed E-state index contributed by atoms with van der Waals surface area (Å²) in [7, 11) is 0. The maximum Gasteiger partial charge on any atom is 0.325 e. The highest BCUT2D eigenvalue weighted by atomic mass is 16.4. The molecule has 0 fully saturated rings. The van der Waals surface area contributed by atoms with Crippen LogP contribution < -0.4 is 10.6 Å². The van der Waals surface area contributed by atoms with E-state index in [4.69, 9.17) is 5.11 Å². The summed E-state index contributed by atoms with van der Waals surface area (Å²) in [6.07, 6.45) is 0. The Kier molecular flexibility index (Phi) is 4.09. The van der Waals surface area contributed by atoms with E-state index in [1.165, 1.54) is 6.92 Å². The third-order valence-corrected chi connectivity index (χ3v) is 2.35. The van der Waals surface area contributed by atoms with Gasteiger partial charge < -0.3 is 15.7 Å². The second-order valence-electron chi connectivity index (χ2n) is 3.98. The number of nitrogens with one attached hydrogen (secondary N) is 2. The summed E-state index contributed by atoms with van der Waals surface area (Å²) >= 11 is 0. The van der Waals surface area contributed by atoms with Crippen LogP contribution in [-0.4, -0.2) is 23.1 Å². The molecule has 0 saturated carbocycles. The fraction of sp³-hybridized carbons (Fsp3) is 0.333. The Morgan fingerprint density at radius 2 is 1.94 bits per heavy atom. The highest BCUT2D eigenvalue weighted by molar-refractivity contribution is 5.92. The number of hydrogen-bond acceptors (Lipinski definition) is 2. The molecular formula is C12H16N2O3.